The summed E-state index contributed by atoms with van der Waals surface area (Å²) in [4.78, 5) is 57.3. The first kappa shape index (κ1) is 32.9. The number of amides is 3. The summed E-state index contributed by atoms with van der Waals surface area (Å²) in [6, 6.07) is 25.1. The van der Waals surface area contributed by atoms with Crippen LogP contribution in [0.1, 0.15) is 44.4 Å². The number of benzene rings is 3. The summed E-state index contributed by atoms with van der Waals surface area (Å²) >= 11 is 1.40. The molecular weight excluding hydrogens is 630 g/mol. The van der Waals surface area contributed by atoms with Crippen LogP contribution in [0.2, 0.25) is 0 Å². The summed E-state index contributed by atoms with van der Waals surface area (Å²) < 4.78 is 17.0. The number of carbonyl (C=O) groups is 4. The van der Waals surface area contributed by atoms with Crippen molar-refractivity contribution in [2.75, 3.05) is 24.3 Å². The number of rotatable bonds is 8. The minimum atomic E-state index is -0.891. The molecule has 0 saturated carbocycles. The van der Waals surface area contributed by atoms with Gasteiger partial charge in [-0.2, -0.15) is 0 Å². The van der Waals surface area contributed by atoms with E-state index in [9.17, 15) is 19.2 Å². The second-order valence-corrected chi connectivity index (χ2v) is 13.7. The van der Waals surface area contributed by atoms with Gasteiger partial charge in [-0.1, -0.05) is 66.7 Å². The SMILES string of the molecule is COc1cccc(N2CCC(=CC3=C(C(=O)OC(c4ccccc4)c4ccccc4)N4C(=O)[C@@H](NC(=O)OC(C)(C)C)[C@H]4SC3)C2=O)c1. The van der Waals surface area contributed by atoms with Crippen molar-refractivity contribution in [3.8, 4) is 5.75 Å². The van der Waals surface area contributed by atoms with Crippen molar-refractivity contribution in [3.05, 3.63) is 119 Å². The number of carbonyl (C=O) groups excluding carboxylic acids is 4. The van der Waals surface area contributed by atoms with E-state index in [1.165, 1.54) is 16.7 Å². The normalized spacial score (nSPS) is 20.1. The van der Waals surface area contributed by atoms with Gasteiger partial charge in [-0.15, -0.1) is 11.8 Å². The zero-order valence-electron chi connectivity index (χ0n) is 27.2. The lowest BCUT2D eigenvalue weighted by Crippen LogP contribution is -2.70. The van der Waals surface area contributed by atoms with E-state index in [0.29, 0.717) is 41.3 Å². The molecule has 6 rings (SSSR count). The topological polar surface area (TPSA) is 114 Å². The van der Waals surface area contributed by atoms with Gasteiger partial charge in [0.2, 0.25) is 0 Å². The number of hydrogen-bond acceptors (Lipinski definition) is 8. The van der Waals surface area contributed by atoms with Crippen molar-refractivity contribution in [2.45, 2.75) is 50.3 Å². The smallest absolute Gasteiger partial charge is 0.408 e. The number of anilines is 1. The van der Waals surface area contributed by atoms with Gasteiger partial charge in [-0.3, -0.25) is 14.5 Å². The highest BCUT2D eigenvalue weighted by Crippen LogP contribution is 2.43. The second-order valence-electron chi connectivity index (χ2n) is 12.6. The van der Waals surface area contributed by atoms with Crippen LogP contribution in [0, 0.1) is 0 Å². The molecule has 0 radical (unpaired) electrons. The molecule has 248 valence electrons. The maximum Gasteiger partial charge on any atom is 0.408 e. The Morgan fingerprint density at radius 2 is 1.62 bits per heavy atom. The number of alkyl carbamates (subject to hydrolysis) is 1. The molecule has 3 aromatic rings. The number of nitrogens with zero attached hydrogens (tertiary/aromatic N) is 2. The predicted molar refractivity (Wildman–Crippen MR) is 182 cm³/mol. The predicted octanol–water partition coefficient (Wildman–Crippen LogP) is 5.75. The van der Waals surface area contributed by atoms with E-state index in [0.717, 1.165) is 11.1 Å². The second kappa shape index (κ2) is 13.6. The van der Waals surface area contributed by atoms with Crippen molar-refractivity contribution in [1.29, 1.82) is 0 Å². The van der Waals surface area contributed by atoms with Crippen molar-refractivity contribution in [2.24, 2.45) is 0 Å². The Morgan fingerprint density at radius 3 is 2.25 bits per heavy atom. The third-order valence-corrected chi connectivity index (χ3v) is 9.43. The maximum atomic E-state index is 14.3. The number of ether oxygens (including phenoxy) is 3. The molecular formula is C37H37N3O7S. The number of esters is 1. The monoisotopic (exact) mass is 667 g/mol. The van der Waals surface area contributed by atoms with Crippen molar-refractivity contribution >= 4 is 41.3 Å². The molecule has 3 heterocycles. The van der Waals surface area contributed by atoms with Crippen LogP contribution in [0.4, 0.5) is 10.5 Å². The van der Waals surface area contributed by atoms with E-state index < -0.39 is 41.1 Å². The quantitative estimate of drug-likeness (QED) is 0.184. The number of thioether (sulfide) groups is 1. The van der Waals surface area contributed by atoms with Crippen LogP contribution in [0.25, 0.3) is 0 Å². The largest absolute Gasteiger partial charge is 0.497 e. The maximum absolute atomic E-state index is 14.3. The van der Waals surface area contributed by atoms with Gasteiger partial charge in [0.05, 0.1) is 7.11 Å². The summed E-state index contributed by atoms with van der Waals surface area (Å²) in [6.07, 6.45) is 0.691. The van der Waals surface area contributed by atoms with Gasteiger partial charge in [0, 0.05) is 29.6 Å². The van der Waals surface area contributed by atoms with Crippen LogP contribution in [0.3, 0.4) is 0 Å². The average molecular weight is 668 g/mol. The Hall–Kier alpha value is -5.03. The minimum absolute atomic E-state index is 0.0583. The molecule has 2 fully saturated rings. The van der Waals surface area contributed by atoms with Crippen LogP contribution in [-0.2, 0) is 23.9 Å². The van der Waals surface area contributed by atoms with Crippen LogP contribution < -0.4 is 15.0 Å². The molecule has 0 unspecified atom stereocenters. The molecule has 3 aromatic carbocycles. The summed E-state index contributed by atoms with van der Waals surface area (Å²) in [7, 11) is 1.57. The summed E-state index contributed by atoms with van der Waals surface area (Å²) in [5.74, 6) is -0.418. The Bertz CT molecular complexity index is 1750. The van der Waals surface area contributed by atoms with Crippen LogP contribution in [0.5, 0.6) is 5.75 Å². The lowest BCUT2D eigenvalue weighted by atomic mass is 10.00. The lowest BCUT2D eigenvalue weighted by Gasteiger charge is -2.49. The number of β-lactam (4-membered cyclic amide) rings is 1. The molecule has 48 heavy (non-hydrogen) atoms. The molecule has 1 N–H and O–H groups in total. The molecule has 10 nitrogen and oxygen atoms in total. The Labute approximate surface area is 283 Å². The number of hydrogen-bond donors (Lipinski definition) is 1. The molecule has 3 amide bonds. The highest BCUT2D eigenvalue weighted by molar-refractivity contribution is 8.00. The van der Waals surface area contributed by atoms with Crippen molar-refractivity contribution in [1.82, 2.24) is 10.2 Å². The van der Waals surface area contributed by atoms with Gasteiger partial charge in [-0.25, -0.2) is 9.59 Å². The average Bonchev–Trinajstić information content (AvgIpc) is 3.45. The van der Waals surface area contributed by atoms with E-state index >= 15 is 0 Å². The summed E-state index contributed by atoms with van der Waals surface area (Å²) in [5, 5.41) is 2.11. The molecule has 0 spiro atoms. The molecule has 3 aliphatic heterocycles. The van der Waals surface area contributed by atoms with Gasteiger partial charge in [0.15, 0.2) is 6.10 Å². The minimum Gasteiger partial charge on any atom is -0.497 e. The first-order chi connectivity index (χ1) is 23.0. The Morgan fingerprint density at radius 1 is 0.958 bits per heavy atom. The fourth-order valence-electron chi connectivity index (χ4n) is 5.91. The molecule has 0 aromatic heterocycles. The zero-order chi connectivity index (χ0) is 34.0. The van der Waals surface area contributed by atoms with E-state index in [-0.39, 0.29) is 11.6 Å². The van der Waals surface area contributed by atoms with Gasteiger partial charge in [-0.05, 0) is 62.1 Å². The fourth-order valence-corrected chi connectivity index (χ4v) is 7.21. The van der Waals surface area contributed by atoms with E-state index in [1.807, 2.05) is 78.9 Å². The van der Waals surface area contributed by atoms with Crippen molar-refractivity contribution < 1.29 is 33.4 Å². The zero-order valence-corrected chi connectivity index (χ0v) is 28.0. The first-order valence-corrected chi connectivity index (χ1v) is 16.7. The summed E-state index contributed by atoms with van der Waals surface area (Å²) in [5.41, 5.74) is 2.55. The van der Waals surface area contributed by atoms with Crippen LogP contribution in [-0.4, -0.2) is 65.2 Å². The number of fused-ring (bicyclic) bond motifs is 1. The van der Waals surface area contributed by atoms with Gasteiger partial charge >= 0.3 is 12.1 Å². The van der Waals surface area contributed by atoms with Gasteiger partial charge in [0.1, 0.15) is 28.5 Å². The third-order valence-electron chi connectivity index (χ3n) is 8.13. The van der Waals surface area contributed by atoms with Crippen LogP contribution >= 0.6 is 11.8 Å². The Kier molecular flexibility index (Phi) is 9.32. The van der Waals surface area contributed by atoms with Gasteiger partial charge < -0.3 is 24.4 Å². The van der Waals surface area contributed by atoms with Crippen LogP contribution in [0.15, 0.2) is 108 Å². The molecule has 0 bridgehead atoms. The number of nitrogens with one attached hydrogen (secondary N) is 1. The highest BCUT2D eigenvalue weighted by Gasteiger charge is 2.55. The fraction of sp³-hybridized carbons (Fsp3) is 0.297. The van der Waals surface area contributed by atoms with Gasteiger partial charge in [0.25, 0.3) is 11.8 Å². The number of allylic oxidation sites excluding steroid dienone is 1. The first-order valence-electron chi connectivity index (χ1n) is 15.7. The third kappa shape index (κ3) is 6.82. The summed E-state index contributed by atoms with van der Waals surface area (Å²) in [6.45, 7) is 5.67. The van der Waals surface area contributed by atoms with E-state index in [1.54, 1.807) is 44.9 Å². The van der Waals surface area contributed by atoms with Crippen molar-refractivity contribution in [3.63, 3.8) is 0 Å². The molecule has 0 aliphatic carbocycles. The molecule has 2 saturated heterocycles. The molecule has 3 aliphatic rings. The van der Waals surface area contributed by atoms with E-state index in [4.69, 9.17) is 14.2 Å². The van der Waals surface area contributed by atoms with E-state index in [2.05, 4.69) is 5.32 Å². The highest BCUT2D eigenvalue weighted by atomic mass is 32.2. The molecule has 11 heteroatoms. The Balaban J connectivity index is 1.34. The lowest BCUT2D eigenvalue weighted by molar-refractivity contribution is -0.153. The molecule has 2 atom stereocenters. The standard InChI is InChI=1S/C37H37N3O7S/c1-37(2,3)47-36(44)38-29-33(42)40-30(35(43)46-31(23-12-7-5-8-13-23)24-14-9-6-10-15-24)26(22-48-34(29)40)20-25-18-19-39(32(25)41)27-16-11-17-28(21-27)45-4/h5-17,20-21,29,31,34H,18-19,22H2,1-4H3,(H,38,44)/t29-,34-/m1/s1. The number of methoxy groups -OCH3 is 1.